The molecule has 0 amide bonds. The van der Waals surface area contributed by atoms with Crippen molar-refractivity contribution in [1.29, 1.82) is 0 Å². The summed E-state index contributed by atoms with van der Waals surface area (Å²) in [5, 5.41) is 64.9. The van der Waals surface area contributed by atoms with E-state index in [1.165, 1.54) is 77.0 Å². The van der Waals surface area contributed by atoms with Crippen LogP contribution >= 0.6 is 7.28 Å². The van der Waals surface area contributed by atoms with Crippen LogP contribution in [0.5, 0.6) is 5.75 Å². The molecule has 0 saturated carbocycles. The van der Waals surface area contributed by atoms with E-state index in [4.69, 9.17) is 13.6 Å². The first kappa shape index (κ1) is 46.9. The molecule has 10 heteroatoms. The van der Waals surface area contributed by atoms with Gasteiger partial charge in [-0.1, -0.05) is 45.4 Å². The molecular formula is C45H71O9P. The second-order valence-corrected chi connectivity index (χ2v) is 18.5. The summed E-state index contributed by atoms with van der Waals surface area (Å²) in [4.78, 5) is 0. The van der Waals surface area contributed by atoms with Crippen LogP contribution in [0.2, 0.25) is 0 Å². The number of rotatable bonds is 29. The van der Waals surface area contributed by atoms with Crippen LogP contribution in [0.3, 0.4) is 0 Å². The fourth-order valence-corrected chi connectivity index (χ4v) is 11.9. The molecule has 0 aliphatic heterocycles. The van der Waals surface area contributed by atoms with Gasteiger partial charge >= 0.3 is 286 Å². The van der Waals surface area contributed by atoms with Crippen LogP contribution < -0.4 is 15.1 Å². The SMILES string of the molecule is CCCCCCCCCCCCCCCCCCOP(Oc1ccccc1C)(OC(O)[C@H](O)[C@@H](O)[C@H](O)[C@H](O)CO)(c1ccccc1C)c1ccccc1C. The van der Waals surface area contributed by atoms with E-state index in [2.05, 4.69) is 6.92 Å². The summed E-state index contributed by atoms with van der Waals surface area (Å²) >= 11 is 0. The van der Waals surface area contributed by atoms with Crippen molar-refractivity contribution in [2.75, 3.05) is 13.2 Å². The van der Waals surface area contributed by atoms with E-state index >= 15 is 0 Å². The maximum absolute atomic E-state index is 11.8. The van der Waals surface area contributed by atoms with Gasteiger partial charge in [-0.25, -0.2) is 0 Å². The molecule has 0 aromatic heterocycles. The Morgan fingerprint density at radius 3 is 1.36 bits per heavy atom. The molecule has 0 spiro atoms. The summed E-state index contributed by atoms with van der Waals surface area (Å²) < 4.78 is 21.1. The van der Waals surface area contributed by atoms with Crippen LogP contribution in [0.25, 0.3) is 0 Å². The molecule has 0 bridgehead atoms. The Morgan fingerprint density at radius 2 is 0.927 bits per heavy atom. The van der Waals surface area contributed by atoms with Crippen molar-refractivity contribution in [2.24, 2.45) is 0 Å². The molecular weight excluding hydrogens is 715 g/mol. The van der Waals surface area contributed by atoms with E-state index in [9.17, 15) is 30.6 Å². The Morgan fingerprint density at radius 1 is 0.509 bits per heavy atom. The molecule has 0 aliphatic rings. The van der Waals surface area contributed by atoms with Gasteiger partial charge in [0.15, 0.2) is 0 Å². The molecule has 0 radical (unpaired) electrons. The maximum atomic E-state index is 11.8. The topological polar surface area (TPSA) is 149 Å². The standard InChI is InChI=1S/C45H71O9P/c1-5-6-7-8-9-10-11-12-13-14-15-16-17-18-19-26-33-52-55(40-31-24-21-28-36(40)3,41-32-25-22-29-37(41)4,53-39-30-23-20-27-35(39)2)54-45(51)44(50)43(49)42(48)38(47)34-46/h20-25,27-32,38,42-51H,5-19,26,33-34H2,1-4H3/t38-,42-,43+,44-,45?/m1/s1. The van der Waals surface area contributed by atoms with E-state index in [1.807, 2.05) is 87.5 Å². The minimum atomic E-state index is -5.06. The van der Waals surface area contributed by atoms with E-state index in [0.29, 0.717) is 22.8 Å². The zero-order valence-electron chi connectivity index (χ0n) is 33.9. The van der Waals surface area contributed by atoms with Gasteiger partial charge in [0, 0.05) is 0 Å². The number of para-hydroxylation sites is 1. The van der Waals surface area contributed by atoms with E-state index in [1.54, 1.807) is 6.07 Å². The van der Waals surface area contributed by atoms with Gasteiger partial charge in [-0.05, 0) is 0 Å². The van der Waals surface area contributed by atoms with Crippen molar-refractivity contribution in [2.45, 2.75) is 161 Å². The van der Waals surface area contributed by atoms with Crippen LogP contribution in [-0.4, -0.2) is 74.6 Å². The summed E-state index contributed by atoms with van der Waals surface area (Å²) in [6.07, 6.45) is 9.51. The second kappa shape index (κ2) is 24.4. The average molecular weight is 787 g/mol. The number of hydrogen-bond acceptors (Lipinski definition) is 9. The van der Waals surface area contributed by atoms with Gasteiger partial charge in [-0.15, -0.1) is 0 Å². The first-order valence-electron chi connectivity index (χ1n) is 20.8. The normalized spacial score (nSPS) is 15.5. The van der Waals surface area contributed by atoms with E-state index in [-0.39, 0.29) is 6.61 Å². The second-order valence-electron chi connectivity index (χ2n) is 15.2. The van der Waals surface area contributed by atoms with Crippen LogP contribution in [0.4, 0.5) is 0 Å². The summed E-state index contributed by atoms with van der Waals surface area (Å²) in [5.41, 5.74) is 2.29. The van der Waals surface area contributed by atoms with Gasteiger partial charge in [0.1, 0.15) is 0 Å². The van der Waals surface area contributed by atoms with Gasteiger partial charge in [0.05, 0.1) is 0 Å². The summed E-state index contributed by atoms with van der Waals surface area (Å²) in [6.45, 7) is 7.28. The van der Waals surface area contributed by atoms with Crippen LogP contribution in [-0.2, 0) is 9.05 Å². The monoisotopic (exact) mass is 786 g/mol. The number of hydrogen-bond donors (Lipinski definition) is 6. The number of unbranched alkanes of at least 4 members (excludes halogenated alkanes) is 15. The van der Waals surface area contributed by atoms with Crippen molar-refractivity contribution in [1.82, 2.24) is 0 Å². The van der Waals surface area contributed by atoms with E-state index in [0.717, 1.165) is 36.0 Å². The molecule has 1 unspecified atom stereocenters. The van der Waals surface area contributed by atoms with Gasteiger partial charge in [0.2, 0.25) is 0 Å². The van der Waals surface area contributed by atoms with Gasteiger partial charge in [0.25, 0.3) is 0 Å². The molecule has 5 atom stereocenters. The zero-order valence-corrected chi connectivity index (χ0v) is 34.8. The molecule has 0 heterocycles. The molecule has 0 saturated heterocycles. The molecule has 0 aliphatic carbocycles. The Bertz CT molecular complexity index is 1460. The predicted molar refractivity (Wildman–Crippen MR) is 224 cm³/mol. The quantitative estimate of drug-likeness (QED) is 0.0234. The van der Waals surface area contributed by atoms with Gasteiger partial charge in [-0.2, -0.15) is 0 Å². The third-order valence-corrected chi connectivity index (χ3v) is 15.1. The van der Waals surface area contributed by atoms with Gasteiger partial charge in [-0.3, -0.25) is 0 Å². The van der Waals surface area contributed by atoms with Crippen molar-refractivity contribution < 1.29 is 44.2 Å². The summed E-state index contributed by atoms with van der Waals surface area (Å²) in [7, 11) is -5.06. The molecule has 0 fully saturated rings. The molecule has 310 valence electrons. The number of aryl methyl sites for hydroxylation is 3. The van der Waals surface area contributed by atoms with Crippen LogP contribution in [0, 0.1) is 20.8 Å². The third-order valence-electron chi connectivity index (χ3n) is 10.6. The first-order valence-corrected chi connectivity index (χ1v) is 22.8. The number of aliphatic hydroxyl groups is 6. The molecule has 3 aromatic carbocycles. The fraction of sp³-hybridized carbons (Fsp3) is 0.600. The van der Waals surface area contributed by atoms with Crippen molar-refractivity contribution in [3.8, 4) is 5.75 Å². The molecule has 3 aromatic rings. The van der Waals surface area contributed by atoms with Crippen molar-refractivity contribution in [3.05, 3.63) is 89.5 Å². The molecule has 3 rings (SSSR count). The molecule has 55 heavy (non-hydrogen) atoms. The molecule has 9 nitrogen and oxygen atoms in total. The Kier molecular flexibility index (Phi) is 20.8. The number of aliphatic hydroxyl groups excluding tert-OH is 6. The fourth-order valence-electron chi connectivity index (χ4n) is 7.23. The Labute approximate surface area is 330 Å². The minimum absolute atomic E-state index is 0.196. The van der Waals surface area contributed by atoms with Crippen molar-refractivity contribution >= 4 is 17.9 Å². The van der Waals surface area contributed by atoms with Crippen molar-refractivity contribution in [3.63, 3.8) is 0 Å². The Balaban J connectivity index is 1.86. The third kappa shape index (κ3) is 13.3. The van der Waals surface area contributed by atoms with Gasteiger partial charge < -0.3 is 0 Å². The number of benzene rings is 3. The summed E-state index contributed by atoms with van der Waals surface area (Å²) in [5.74, 6) is 0.441. The summed E-state index contributed by atoms with van der Waals surface area (Å²) in [6, 6.07) is 22.3. The first-order chi connectivity index (χ1) is 26.5. The van der Waals surface area contributed by atoms with Crippen LogP contribution in [0.1, 0.15) is 126 Å². The predicted octanol–water partition coefficient (Wildman–Crippen LogP) is 7.99. The Hall–Kier alpha value is -2.43. The van der Waals surface area contributed by atoms with Crippen LogP contribution in [0.15, 0.2) is 72.8 Å². The molecule has 6 N–H and O–H groups in total. The zero-order chi connectivity index (χ0) is 40.1. The average Bonchev–Trinajstić information content (AvgIpc) is 3.19. The van der Waals surface area contributed by atoms with E-state index < -0.39 is 44.6 Å².